The molecule has 0 fully saturated rings. The zero-order valence-corrected chi connectivity index (χ0v) is 7.14. The molecule has 1 heterocycles. The highest BCUT2D eigenvalue weighted by Gasteiger charge is 2.07. The zero-order valence-electron chi connectivity index (χ0n) is 7.14. The Morgan fingerprint density at radius 1 is 1.29 bits per heavy atom. The van der Waals surface area contributed by atoms with E-state index in [0.717, 1.165) is 0 Å². The maximum atomic E-state index is 12.3. The third-order valence-electron chi connectivity index (χ3n) is 1.81. The van der Waals surface area contributed by atoms with E-state index in [4.69, 9.17) is 0 Å². The van der Waals surface area contributed by atoms with Gasteiger partial charge in [-0.05, 0) is 12.1 Å². The number of halogens is 2. The van der Waals surface area contributed by atoms with Gasteiger partial charge < -0.3 is 0 Å². The van der Waals surface area contributed by atoms with Crippen molar-refractivity contribution in [3.8, 4) is 5.69 Å². The van der Waals surface area contributed by atoms with Crippen molar-refractivity contribution < 1.29 is 8.78 Å². The van der Waals surface area contributed by atoms with Crippen molar-refractivity contribution in [1.82, 2.24) is 15.0 Å². The summed E-state index contributed by atoms with van der Waals surface area (Å²) < 4.78 is 26.1. The Balaban J connectivity index is 2.41. The summed E-state index contributed by atoms with van der Waals surface area (Å²) in [4.78, 5) is 0. The first-order valence-corrected chi connectivity index (χ1v) is 4.02. The Bertz CT molecular complexity index is 412. The van der Waals surface area contributed by atoms with Gasteiger partial charge >= 0.3 is 0 Å². The van der Waals surface area contributed by atoms with Gasteiger partial charge in [-0.15, -0.1) is 5.10 Å². The molecule has 0 radical (unpaired) electrons. The van der Waals surface area contributed by atoms with Gasteiger partial charge in [0.25, 0.3) is 6.43 Å². The van der Waals surface area contributed by atoms with E-state index >= 15 is 0 Å². The third kappa shape index (κ3) is 1.61. The first kappa shape index (κ1) is 8.80. The van der Waals surface area contributed by atoms with Crippen molar-refractivity contribution in [3.05, 3.63) is 42.2 Å². The summed E-state index contributed by atoms with van der Waals surface area (Å²) in [6.45, 7) is 0. The van der Waals surface area contributed by atoms with E-state index in [1.165, 1.54) is 23.0 Å². The molecule has 0 saturated carbocycles. The first-order valence-electron chi connectivity index (χ1n) is 4.02. The fourth-order valence-corrected chi connectivity index (χ4v) is 1.15. The van der Waals surface area contributed by atoms with Crippen molar-refractivity contribution in [2.24, 2.45) is 0 Å². The summed E-state index contributed by atoms with van der Waals surface area (Å²) in [7, 11) is 0. The van der Waals surface area contributed by atoms with E-state index in [9.17, 15) is 8.78 Å². The van der Waals surface area contributed by atoms with Crippen molar-refractivity contribution in [3.63, 3.8) is 0 Å². The molecule has 1 aromatic heterocycles. The lowest BCUT2D eigenvalue weighted by Crippen LogP contribution is -1.96. The molecule has 0 aliphatic rings. The van der Waals surface area contributed by atoms with Gasteiger partial charge in [0, 0.05) is 5.56 Å². The predicted molar refractivity (Wildman–Crippen MR) is 46.3 cm³/mol. The molecule has 0 atom stereocenters. The summed E-state index contributed by atoms with van der Waals surface area (Å²) >= 11 is 0. The fourth-order valence-electron chi connectivity index (χ4n) is 1.15. The van der Waals surface area contributed by atoms with Crippen LogP contribution in [0.5, 0.6) is 0 Å². The van der Waals surface area contributed by atoms with E-state index in [-0.39, 0.29) is 5.56 Å². The average Bonchev–Trinajstić information content (AvgIpc) is 2.71. The van der Waals surface area contributed by atoms with Crippen LogP contribution in [0.1, 0.15) is 12.0 Å². The topological polar surface area (TPSA) is 30.7 Å². The Labute approximate surface area is 79.0 Å². The predicted octanol–water partition coefficient (Wildman–Crippen LogP) is 2.20. The second-order valence-electron chi connectivity index (χ2n) is 2.74. The number of aromatic nitrogens is 3. The quantitative estimate of drug-likeness (QED) is 0.735. The zero-order chi connectivity index (χ0) is 9.97. The Kier molecular flexibility index (Phi) is 2.22. The van der Waals surface area contributed by atoms with Crippen molar-refractivity contribution in [2.45, 2.75) is 6.43 Å². The lowest BCUT2D eigenvalue weighted by molar-refractivity contribution is 0.151. The molecule has 72 valence electrons. The lowest BCUT2D eigenvalue weighted by Gasteiger charge is -2.03. The molecule has 0 unspecified atom stereocenters. The fraction of sp³-hybridized carbons (Fsp3) is 0.111. The maximum absolute atomic E-state index is 12.3. The molecule has 0 bridgehead atoms. The standard InChI is InChI=1S/C9H7F2N3/c10-9(11)7-2-1-3-8(6-7)14-5-4-12-13-14/h1-6,9H. The maximum Gasteiger partial charge on any atom is 0.263 e. The summed E-state index contributed by atoms with van der Waals surface area (Å²) in [6, 6.07) is 6.03. The second kappa shape index (κ2) is 3.53. The van der Waals surface area contributed by atoms with Gasteiger partial charge in [0.05, 0.1) is 18.1 Å². The van der Waals surface area contributed by atoms with Crippen LogP contribution in [0.4, 0.5) is 8.78 Å². The van der Waals surface area contributed by atoms with E-state index in [0.29, 0.717) is 5.69 Å². The highest BCUT2D eigenvalue weighted by molar-refractivity contribution is 5.35. The highest BCUT2D eigenvalue weighted by Crippen LogP contribution is 2.20. The normalized spacial score (nSPS) is 10.8. The monoisotopic (exact) mass is 195 g/mol. The molecule has 5 heteroatoms. The van der Waals surface area contributed by atoms with Crippen LogP contribution in [-0.4, -0.2) is 15.0 Å². The van der Waals surface area contributed by atoms with Crippen LogP contribution >= 0.6 is 0 Å². The molecule has 2 aromatic rings. The van der Waals surface area contributed by atoms with Crippen LogP contribution in [0, 0.1) is 0 Å². The lowest BCUT2D eigenvalue weighted by atomic mass is 10.2. The van der Waals surface area contributed by atoms with E-state index in [1.54, 1.807) is 18.3 Å². The molecular formula is C9H7F2N3. The SMILES string of the molecule is FC(F)c1cccc(-n2ccnn2)c1. The Morgan fingerprint density at radius 3 is 2.79 bits per heavy atom. The van der Waals surface area contributed by atoms with Gasteiger partial charge in [-0.2, -0.15) is 0 Å². The van der Waals surface area contributed by atoms with Crippen molar-refractivity contribution in [2.75, 3.05) is 0 Å². The van der Waals surface area contributed by atoms with Crippen LogP contribution in [0.2, 0.25) is 0 Å². The van der Waals surface area contributed by atoms with E-state index in [2.05, 4.69) is 10.3 Å². The van der Waals surface area contributed by atoms with E-state index < -0.39 is 6.43 Å². The van der Waals surface area contributed by atoms with Crippen LogP contribution < -0.4 is 0 Å². The molecule has 0 spiro atoms. The number of hydrogen-bond acceptors (Lipinski definition) is 2. The minimum atomic E-state index is -2.46. The molecule has 0 aliphatic heterocycles. The molecule has 0 aliphatic carbocycles. The van der Waals surface area contributed by atoms with E-state index in [1.807, 2.05) is 0 Å². The molecule has 2 rings (SSSR count). The smallest absolute Gasteiger partial charge is 0.221 e. The number of rotatable bonds is 2. The van der Waals surface area contributed by atoms with Crippen LogP contribution in [0.25, 0.3) is 5.69 Å². The van der Waals surface area contributed by atoms with Gasteiger partial charge in [-0.25, -0.2) is 13.5 Å². The number of benzene rings is 1. The minimum Gasteiger partial charge on any atom is -0.221 e. The molecule has 14 heavy (non-hydrogen) atoms. The third-order valence-corrected chi connectivity index (χ3v) is 1.81. The number of alkyl halides is 2. The summed E-state index contributed by atoms with van der Waals surface area (Å²) in [6.07, 6.45) is 0.637. The summed E-state index contributed by atoms with van der Waals surface area (Å²) in [5.41, 5.74) is 0.568. The average molecular weight is 195 g/mol. The van der Waals surface area contributed by atoms with Gasteiger partial charge in [0.15, 0.2) is 0 Å². The van der Waals surface area contributed by atoms with Crippen LogP contribution in [0.15, 0.2) is 36.7 Å². The largest absolute Gasteiger partial charge is 0.263 e. The highest BCUT2D eigenvalue weighted by atomic mass is 19.3. The second-order valence-corrected chi connectivity index (χ2v) is 2.74. The van der Waals surface area contributed by atoms with Crippen molar-refractivity contribution >= 4 is 0 Å². The Hall–Kier alpha value is -1.78. The van der Waals surface area contributed by atoms with Gasteiger partial charge in [-0.3, -0.25) is 0 Å². The van der Waals surface area contributed by atoms with Crippen LogP contribution in [-0.2, 0) is 0 Å². The summed E-state index contributed by atoms with van der Waals surface area (Å²) in [5, 5.41) is 7.31. The van der Waals surface area contributed by atoms with Gasteiger partial charge in [-0.1, -0.05) is 17.3 Å². The van der Waals surface area contributed by atoms with Crippen LogP contribution in [0.3, 0.4) is 0 Å². The molecule has 1 aromatic carbocycles. The van der Waals surface area contributed by atoms with Crippen molar-refractivity contribution in [1.29, 1.82) is 0 Å². The number of hydrogen-bond donors (Lipinski definition) is 0. The van der Waals surface area contributed by atoms with Gasteiger partial charge in [0.1, 0.15) is 0 Å². The number of nitrogens with zero attached hydrogens (tertiary/aromatic N) is 3. The minimum absolute atomic E-state index is 0.0157. The molecule has 3 nitrogen and oxygen atoms in total. The van der Waals surface area contributed by atoms with Gasteiger partial charge in [0.2, 0.25) is 0 Å². The molecular weight excluding hydrogens is 188 g/mol. The Morgan fingerprint density at radius 2 is 2.14 bits per heavy atom. The first-order chi connectivity index (χ1) is 6.77. The molecule has 0 amide bonds. The summed E-state index contributed by atoms with van der Waals surface area (Å²) in [5.74, 6) is 0. The molecule has 0 saturated heterocycles. The molecule has 0 N–H and O–H groups in total.